The molecule has 1 saturated heterocycles. The first-order valence-electron chi connectivity index (χ1n) is 6.34. The Kier molecular flexibility index (Phi) is 3.81. The molecule has 0 bridgehead atoms. The van der Waals surface area contributed by atoms with Gasteiger partial charge >= 0.3 is 5.69 Å². The second-order valence-electron chi connectivity index (χ2n) is 5.07. The third-order valence-corrected chi connectivity index (χ3v) is 3.56. The van der Waals surface area contributed by atoms with Crippen LogP contribution < -0.4 is 11.4 Å². The van der Waals surface area contributed by atoms with Crippen LogP contribution in [0.15, 0.2) is 17.1 Å². The second-order valence-corrected chi connectivity index (χ2v) is 5.07. The van der Waals surface area contributed by atoms with E-state index in [1.165, 1.54) is 12.3 Å². The first kappa shape index (κ1) is 14.9. The van der Waals surface area contributed by atoms with Gasteiger partial charge in [0.25, 0.3) is 0 Å². The lowest BCUT2D eigenvalue weighted by Crippen LogP contribution is -2.44. The van der Waals surface area contributed by atoms with Gasteiger partial charge in [0, 0.05) is 6.20 Å². The first-order valence-corrected chi connectivity index (χ1v) is 6.34. The maximum absolute atomic E-state index is 14.7. The Morgan fingerprint density at radius 3 is 2.90 bits per heavy atom. The van der Waals surface area contributed by atoms with Gasteiger partial charge in [0.1, 0.15) is 18.0 Å². The van der Waals surface area contributed by atoms with Crippen molar-refractivity contribution in [3.63, 3.8) is 0 Å². The van der Waals surface area contributed by atoms with E-state index in [1.54, 1.807) is 6.92 Å². The van der Waals surface area contributed by atoms with Crippen LogP contribution in [-0.4, -0.2) is 43.7 Å². The normalized spacial score (nSPS) is 35.1. The Morgan fingerprint density at radius 1 is 1.70 bits per heavy atom. The van der Waals surface area contributed by atoms with E-state index in [9.17, 15) is 19.4 Å². The summed E-state index contributed by atoms with van der Waals surface area (Å²) < 4.78 is 21.0. The summed E-state index contributed by atoms with van der Waals surface area (Å²) in [4.78, 5) is 15.2. The largest absolute Gasteiger partial charge is 0.390 e. The first-order chi connectivity index (χ1) is 9.28. The lowest BCUT2D eigenvalue weighted by molar-refractivity contribution is -0.0881. The van der Waals surface area contributed by atoms with Gasteiger partial charge in [-0.1, -0.05) is 6.92 Å². The molecular formula is C12H18FN3O4. The minimum Gasteiger partial charge on any atom is -0.390 e. The number of hydrogen-bond donors (Lipinski definition) is 3. The smallest absolute Gasteiger partial charge is 0.351 e. The number of alkyl halides is 1. The van der Waals surface area contributed by atoms with Gasteiger partial charge in [-0.25, -0.2) is 9.18 Å². The molecule has 0 spiro atoms. The van der Waals surface area contributed by atoms with Gasteiger partial charge in [0.05, 0.1) is 6.10 Å². The van der Waals surface area contributed by atoms with E-state index >= 15 is 0 Å². The summed E-state index contributed by atoms with van der Waals surface area (Å²) in [5.74, 6) is 0.00972. The average Bonchev–Trinajstić information content (AvgIpc) is 2.61. The van der Waals surface area contributed by atoms with E-state index in [0.717, 1.165) is 11.5 Å². The SMILES string of the molecule is CCC(O)C1O[C@@H](n2ccc(N)nc2=O)[C@](C)(F)[C@@H]1O. The van der Waals surface area contributed by atoms with Crippen molar-refractivity contribution in [2.45, 2.75) is 50.5 Å². The van der Waals surface area contributed by atoms with Gasteiger partial charge in [0.15, 0.2) is 11.9 Å². The highest BCUT2D eigenvalue weighted by Crippen LogP contribution is 2.41. The Hall–Kier alpha value is -1.51. The number of hydrogen-bond acceptors (Lipinski definition) is 6. The van der Waals surface area contributed by atoms with Crippen LogP contribution in [0.5, 0.6) is 0 Å². The summed E-state index contributed by atoms with van der Waals surface area (Å²) in [6.45, 7) is 2.80. The summed E-state index contributed by atoms with van der Waals surface area (Å²) in [5.41, 5.74) is 2.36. The van der Waals surface area contributed by atoms with Crippen LogP contribution in [0.4, 0.5) is 10.2 Å². The summed E-state index contributed by atoms with van der Waals surface area (Å²) in [5, 5.41) is 19.7. The molecule has 0 saturated carbocycles. The summed E-state index contributed by atoms with van der Waals surface area (Å²) in [6, 6.07) is 1.33. The van der Waals surface area contributed by atoms with E-state index in [2.05, 4.69) is 4.98 Å². The Labute approximate surface area is 114 Å². The van der Waals surface area contributed by atoms with Crippen LogP contribution in [0.1, 0.15) is 26.5 Å². The topological polar surface area (TPSA) is 111 Å². The van der Waals surface area contributed by atoms with Crippen LogP contribution in [0.3, 0.4) is 0 Å². The van der Waals surface area contributed by atoms with Gasteiger partial charge in [-0.3, -0.25) is 4.57 Å². The Balaban J connectivity index is 2.39. The van der Waals surface area contributed by atoms with E-state index in [0.29, 0.717) is 6.42 Å². The molecule has 0 aromatic carbocycles. The van der Waals surface area contributed by atoms with E-state index in [4.69, 9.17) is 10.5 Å². The van der Waals surface area contributed by atoms with Gasteiger partial charge in [-0.15, -0.1) is 0 Å². The number of ether oxygens (including phenoxy) is 1. The van der Waals surface area contributed by atoms with Crippen molar-refractivity contribution in [3.05, 3.63) is 22.7 Å². The number of aliphatic hydroxyl groups excluding tert-OH is 2. The van der Waals surface area contributed by atoms with Crippen molar-refractivity contribution in [1.29, 1.82) is 0 Å². The quantitative estimate of drug-likeness (QED) is 0.696. The highest BCUT2D eigenvalue weighted by molar-refractivity contribution is 5.23. The van der Waals surface area contributed by atoms with Crippen molar-refractivity contribution < 1.29 is 19.3 Å². The molecule has 112 valence electrons. The highest BCUT2D eigenvalue weighted by Gasteiger charge is 2.56. The Bertz CT molecular complexity index is 548. The molecule has 0 radical (unpaired) electrons. The van der Waals surface area contributed by atoms with Gasteiger partial charge in [-0.2, -0.15) is 4.98 Å². The molecule has 1 aromatic rings. The molecule has 1 fully saturated rings. The average molecular weight is 287 g/mol. The zero-order valence-electron chi connectivity index (χ0n) is 11.2. The highest BCUT2D eigenvalue weighted by atomic mass is 19.1. The monoisotopic (exact) mass is 287 g/mol. The van der Waals surface area contributed by atoms with Crippen LogP contribution in [0.2, 0.25) is 0 Å². The maximum atomic E-state index is 14.7. The van der Waals surface area contributed by atoms with Crippen molar-refractivity contribution in [2.24, 2.45) is 0 Å². The van der Waals surface area contributed by atoms with Crippen LogP contribution >= 0.6 is 0 Å². The minimum absolute atomic E-state index is 0.00972. The number of anilines is 1. The molecule has 4 N–H and O–H groups in total. The molecule has 8 heteroatoms. The maximum Gasteiger partial charge on any atom is 0.351 e. The summed E-state index contributed by atoms with van der Waals surface area (Å²) in [7, 11) is 0. The fraction of sp³-hybridized carbons (Fsp3) is 0.667. The number of aliphatic hydroxyl groups is 2. The van der Waals surface area contributed by atoms with Gasteiger partial charge < -0.3 is 20.7 Å². The number of nitrogen functional groups attached to an aromatic ring is 1. The van der Waals surface area contributed by atoms with Crippen LogP contribution in [0.25, 0.3) is 0 Å². The van der Waals surface area contributed by atoms with Crippen molar-refractivity contribution in [3.8, 4) is 0 Å². The molecular weight excluding hydrogens is 269 g/mol. The van der Waals surface area contributed by atoms with Gasteiger partial charge in [0.2, 0.25) is 0 Å². The number of halogens is 1. The fourth-order valence-electron chi connectivity index (χ4n) is 2.30. The lowest BCUT2D eigenvalue weighted by atomic mass is 9.95. The van der Waals surface area contributed by atoms with E-state index < -0.39 is 35.9 Å². The molecule has 1 aromatic heterocycles. The molecule has 20 heavy (non-hydrogen) atoms. The molecule has 0 amide bonds. The molecule has 2 rings (SSSR count). The minimum atomic E-state index is -2.23. The summed E-state index contributed by atoms with van der Waals surface area (Å²) in [6.07, 6.45) is -3.51. The molecule has 2 unspecified atom stereocenters. The molecule has 0 aliphatic carbocycles. The van der Waals surface area contributed by atoms with Gasteiger partial charge in [-0.05, 0) is 19.4 Å². The van der Waals surface area contributed by atoms with E-state index in [-0.39, 0.29) is 5.82 Å². The molecule has 5 atom stereocenters. The van der Waals surface area contributed by atoms with Crippen molar-refractivity contribution >= 4 is 5.82 Å². The molecule has 2 heterocycles. The number of rotatable bonds is 3. The summed E-state index contributed by atoms with van der Waals surface area (Å²) >= 11 is 0. The molecule has 7 nitrogen and oxygen atoms in total. The number of nitrogens with two attached hydrogens (primary N) is 1. The number of aromatic nitrogens is 2. The fourth-order valence-corrected chi connectivity index (χ4v) is 2.30. The second kappa shape index (κ2) is 5.12. The van der Waals surface area contributed by atoms with Crippen LogP contribution in [-0.2, 0) is 4.74 Å². The van der Waals surface area contributed by atoms with Crippen molar-refractivity contribution in [1.82, 2.24) is 9.55 Å². The third-order valence-electron chi connectivity index (χ3n) is 3.56. The Morgan fingerprint density at radius 2 is 2.35 bits per heavy atom. The molecule has 1 aliphatic rings. The van der Waals surface area contributed by atoms with Crippen molar-refractivity contribution in [2.75, 3.05) is 5.73 Å². The lowest BCUT2D eigenvalue weighted by Gasteiger charge is -2.24. The van der Waals surface area contributed by atoms with E-state index in [1.807, 2.05) is 0 Å². The standard InChI is InChI=1S/C12H18FN3O4/c1-3-6(17)8-9(18)12(2,13)10(20-8)16-5-4-7(14)15-11(16)19/h4-6,8-10,17-18H,3H2,1-2H3,(H2,14,15,19)/t6?,8?,9-,10-,12-/m1/s1. The number of nitrogens with zero attached hydrogens (tertiary/aromatic N) is 2. The van der Waals surface area contributed by atoms with Crippen LogP contribution in [0, 0.1) is 0 Å². The zero-order chi connectivity index (χ0) is 15.1. The predicted molar refractivity (Wildman–Crippen MR) is 68.6 cm³/mol. The predicted octanol–water partition coefficient (Wildman–Crippen LogP) is -0.417. The third kappa shape index (κ3) is 2.30. The molecule has 1 aliphatic heterocycles. The zero-order valence-corrected chi connectivity index (χ0v) is 11.2.